The number of halogens is 3. The minimum atomic E-state index is -2.52. The lowest BCUT2D eigenvalue weighted by atomic mass is 9.91. The smallest absolute Gasteiger partial charge is 0.195 e. The summed E-state index contributed by atoms with van der Waals surface area (Å²) >= 11 is 1.24. The van der Waals surface area contributed by atoms with Crippen molar-refractivity contribution in [3.05, 3.63) is 11.6 Å². The van der Waals surface area contributed by atoms with Gasteiger partial charge in [-0.05, 0) is 48.8 Å². The first-order chi connectivity index (χ1) is 5.00. The molecule has 0 radical (unpaired) electrons. The van der Waals surface area contributed by atoms with Crippen molar-refractivity contribution in [1.29, 1.82) is 0 Å². The summed E-state index contributed by atoms with van der Waals surface area (Å²) in [6.07, 6.45) is 3.95. The SMILES string of the molecule is CC1=CCC(C(F)(F)I)CC1. The molecule has 0 saturated heterocycles. The molecule has 11 heavy (non-hydrogen) atoms. The summed E-state index contributed by atoms with van der Waals surface area (Å²) in [5.74, 6) is -0.438. The van der Waals surface area contributed by atoms with Crippen molar-refractivity contribution in [2.75, 3.05) is 0 Å². The molecule has 0 spiro atoms. The van der Waals surface area contributed by atoms with Gasteiger partial charge >= 0.3 is 0 Å². The Hall–Kier alpha value is 0.330. The van der Waals surface area contributed by atoms with E-state index in [4.69, 9.17) is 0 Å². The van der Waals surface area contributed by atoms with Crippen molar-refractivity contribution in [3.63, 3.8) is 0 Å². The molecule has 0 bridgehead atoms. The van der Waals surface area contributed by atoms with Crippen molar-refractivity contribution < 1.29 is 8.78 Å². The van der Waals surface area contributed by atoms with Crippen molar-refractivity contribution in [2.24, 2.45) is 5.92 Å². The van der Waals surface area contributed by atoms with Crippen LogP contribution in [0.1, 0.15) is 26.2 Å². The van der Waals surface area contributed by atoms with Gasteiger partial charge in [0.2, 0.25) is 0 Å². The minimum Gasteiger partial charge on any atom is -0.195 e. The predicted octanol–water partition coefficient (Wildman–Crippen LogP) is 3.76. The van der Waals surface area contributed by atoms with Gasteiger partial charge in [0.1, 0.15) is 0 Å². The first kappa shape index (κ1) is 9.42. The van der Waals surface area contributed by atoms with E-state index in [-0.39, 0.29) is 0 Å². The highest BCUT2D eigenvalue weighted by molar-refractivity contribution is 14.1. The first-order valence-electron chi connectivity index (χ1n) is 3.72. The molecule has 0 aliphatic heterocycles. The fourth-order valence-electron chi connectivity index (χ4n) is 1.26. The average molecular weight is 272 g/mol. The molecule has 0 N–H and O–H groups in total. The van der Waals surface area contributed by atoms with Crippen molar-refractivity contribution >= 4 is 22.6 Å². The zero-order valence-corrected chi connectivity index (χ0v) is 8.57. The molecule has 0 amide bonds. The van der Waals surface area contributed by atoms with E-state index in [0.29, 0.717) is 12.8 Å². The predicted molar refractivity (Wildman–Crippen MR) is 50.1 cm³/mol. The van der Waals surface area contributed by atoms with E-state index in [2.05, 4.69) is 0 Å². The van der Waals surface area contributed by atoms with Gasteiger partial charge in [0.15, 0.2) is 0 Å². The maximum atomic E-state index is 12.7. The molecule has 1 rings (SSSR count). The van der Waals surface area contributed by atoms with E-state index in [1.807, 2.05) is 13.0 Å². The molecule has 0 nitrogen and oxygen atoms in total. The molecule has 1 unspecified atom stereocenters. The van der Waals surface area contributed by atoms with Gasteiger partial charge in [-0.15, -0.1) is 0 Å². The van der Waals surface area contributed by atoms with Crippen LogP contribution in [0.4, 0.5) is 8.78 Å². The van der Waals surface area contributed by atoms with Crippen molar-refractivity contribution in [2.45, 2.75) is 30.1 Å². The van der Waals surface area contributed by atoms with E-state index in [1.54, 1.807) is 0 Å². The molecule has 0 aromatic heterocycles. The molecule has 0 aromatic carbocycles. The maximum Gasteiger partial charge on any atom is 0.299 e. The normalized spacial score (nSPS) is 26.5. The maximum absolute atomic E-state index is 12.7. The molecule has 0 fully saturated rings. The van der Waals surface area contributed by atoms with Crippen LogP contribution in [0.5, 0.6) is 0 Å². The largest absolute Gasteiger partial charge is 0.299 e. The lowest BCUT2D eigenvalue weighted by Gasteiger charge is -2.24. The molecule has 1 aliphatic carbocycles. The van der Waals surface area contributed by atoms with Crippen LogP contribution in [0.3, 0.4) is 0 Å². The Morgan fingerprint density at radius 1 is 1.64 bits per heavy atom. The molecular weight excluding hydrogens is 261 g/mol. The van der Waals surface area contributed by atoms with Crippen LogP contribution >= 0.6 is 22.6 Å². The van der Waals surface area contributed by atoms with Crippen LogP contribution in [-0.2, 0) is 0 Å². The summed E-state index contributed by atoms with van der Waals surface area (Å²) < 4.78 is 22.9. The first-order valence-corrected chi connectivity index (χ1v) is 4.80. The number of hydrogen-bond donors (Lipinski definition) is 0. The second-order valence-corrected chi connectivity index (χ2v) is 4.50. The quantitative estimate of drug-likeness (QED) is 0.387. The zero-order valence-electron chi connectivity index (χ0n) is 6.41. The van der Waals surface area contributed by atoms with Crippen LogP contribution < -0.4 is 0 Å². The van der Waals surface area contributed by atoms with Gasteiger partial charge in [-0.1, -0.05) is 11.6 Å². The Labute approximate surface area is 79.2 Å². The van der Waals surface area contributed by atoms with Gasteiger partial charge in [0, 0.05) is 5.92 Å². The van der Waals surface area contributed by atoms with E-state index in [1.165, 1.54) is 28.2 Å². The van der Waals surface area contributed by atoms with Crippen LogP contribution in [0.15, 0.2) is 11.6 Å². The summed E-state index contributed by atoms with van der Waals surface area (Å²) in [7, 11) is 0. The molecule has 1 atom stereocenters. The fourth-order valence-corrected chi connectivity index (χ4v) is 1.83. The third-order valence-electron chi connectivity index (χ3n) is 2.10. The summed E-state index contributed by atoms with van der Waals surface area (Å²) in [5.41, 5.74) is 1.25. The fraction of sp³-hybridized carbons (Fsp3) is 0.750. The summed E-state index contributed by atoms with van der Waals surface area (Å²) in [6.45, 7) is 2.00. The van der Waals surface area contributed by atoms with Crippen LogP contribution in [0, 0.1) is 5.92 Å². The van der Waals surface area contributed by atoms with Crippen LogP contribution in [0.2, 0.25) is 0 Å². The highest BCUT2D eigenvalue weighted by Crippen LogP contribution is 2.40. The second-order valence-electron chi connectivity index (χ2n) is 3.06. The van der Waals surface area contributed by atoms with Crippen molar-refractivity contribution in [3.8, 4) is 0 Å². The van der Waals surface area contributed by atoms with E-state index in [9.17, 15) is 8.78 Å². The molecular formula is C8H11F2I. The van der Waals surface area contributed by atoms with Gasteiger partial charge < -0.3 is 0 Å². The Morgan fingerprint density at radius 3 is 2.64 bits per heavy atom. The third-order valence-corrected chi connectivity index (χ3v) is 2.98. The third kappa shape index (κ3) is 2.69. The Kier molecular flexibility index (Phi) is 2.89. The van der Waals surface area contributed by atoms with Crippen molar-refractivity contribution in [1.82, 2.24) is 0 Å². The molecule has 3 heteroatoms. The molecule has 0 heterocycles. The Balaban J connectivity index is 2.54. The molecule has 0 saturated carbocycles. The van der Waals surface area contributed by atoms with Gasteiger partial charge in [0.25, 0.3) is 3.93 Å². The molecule has 0 aromatic rings. The number of alkyl halides is 3. The molecule has 1 aliphatic rings. The van der Waals surface area contributed by atoms with Gasteiger partial charge in [-0.25, -0.2) is 0 Å². The van der Waals surface area contributed by atoms with Gasteiger partial charge in [0.05, 0.1) is 0 Å². The minimum absolute atomic E-state index is 0.438. The number of rotatable bonds is 1. The van der Waals surface area contributed by atoms with E-state index < -0.39 is 9.85 Å². The number of hydrogen-bond acceptors (Lipinski definition) is 0. The van der Waals surface area contributed by atoms with Crippen LogP contribution in [0.25, 0.3) is 0 Å². The highest BCUT2D eigenvalue weighted by atomic mass is 127. The van der Waals surface area contributed by atoms with E-state index >= 15 is 0 Å². The lowest BCUT2D eigenvalue weighted by Crippen LogP contribution is -2.22. The standard InChI is InChI=1S/C8H11F2I/c1-6-2-4-7(5-3-6)8(9,10)11/h2,7H,3-5H2,1H3. The Bertz CT molecular complexity index is 169. The second kappa shape index (κ2) is 3.37. The summed E-state index contributed by atoms with van der Waals surface area (Å²) in [6, 6.07) is 0. The van der Waals surface area contributed by atoms with Crippen LogP contribution in [-0.4, -0.2) is 3.93 Å². The zero-order chi connectivity index (χ0) is 8.48. The monoisotopic (exact) mass is 272 g/mol. The average Bonchev–Trinajstić information content (AvgIpc) is 1.86. The lowest BCUT2D eigenvalue weighted by molar-refractivity contribution is 0.0520. The topological polar surface area (TPSA) is 0 Å². The van der Waals surface area contributed by atoms with Gasteiger partial charge in [-0.3, -0.25) is 0 Å². The van der Waals surface area contributed by atoms with Gasteiger partial charge in [-0.2, -0.15) is 8.78 Å². The number of allylic oxidation sites excluding steroid dienone is 2. The summed E-state index contributed by atoms with van der Waals surface area (Å²) in [5, 5.41) is 0. The highest BCUT2D eigenvalue weighted by Gasteiger charge is 2.35. The summed E-state index contributed by atoms with van der Waals surface area (Å²) in [4.78, 5) is 0. The van der Waals surface area contributed by atoms with E-state index in [0.717, 1.165) is 6.42 Å². The Morgan fingerprint density at radius 2 is 2.27 bits per heavy atom. The molecule has 64 valence electrons.